The summed E-state index contributed by atoms with van der Waals surface area (Å²) in [7, 11) is -3.67. The number of anilines is 1. The van der Waals surface area contributed by atoms with Gasteiger partial charge in [-0.15, -0.1) is 11.3 Å². The first-order valence-corrected chi connectivity index (χ1v) is 10.9. The van der Waals surface area contributed by atoms with Crippen molar-refractivity contribution in [1.82, 2.24) is 9.88 Å². The molecule has 2 aromatic rings. The van der Waals surface area contributed by atoms with Crippen molar-refractivity contribution in [3.63, 3.8) is 0 Å². The van der Waals surface area contributed by atoms with Gasteiger partial charge < -0.3 is 4.90 Å². The van der Waals surface area contributed by atoms with E-state index in [0.29, 0.717) is 18.8 Å². The van der Waals surface area contributed by atoms with Crippen LogP contribution in [0.3, 0.4) is 0 Å². The Morgan fingerprint density at radius 1 is 1.27 bits per heavy atom. The van der Waals surface area contributed by atoms with Crippen LogP contribution in [-0.4, -0.2) is 55.7 Å². The second-order valence-corrected chi connectivity index (χ2v) is 9.32. The Balaban J connectivity index is 1.78. The van der Waals surface area contributed by atoms with Crippen molar-refractivity contribution in [1.29, 1.82) is 0 Å². The van der Waals surface area contributed by atoms with Gasteiger partial charge in [-0.25, -0.2) is 13.4 Å². The van der Waals surface area contributed by atoms with Gasteiger partial charge in [0, 0.05) is 44.4 Å². The van der Waals surface area contributed by atoms with Gasteiger partial charge in [0.1, 0.15) is 10.6 Å². The Morgan fingerprint density at radius 3 is 2.50 bits per heavy atom. The van der Waals surface area contributed by atoms with E-state index in [1.54, 1.807) is 23.5 Å². The predicted molar refractivity (Wildman–Crippen MR) is 101 cm³/mol. The maximum atomic E-state index is 11.9. The number of hydrogen-bond acceptors (Lipinski definition) is 8. The topological polar surface area (TPSA) is 96.7 Å². The van der Waals surface area contributed by atoms with Crippen LogP contribution in [0.5, 0.6) is 0 Å². The van der Waals surface area contributed by atoms with E-state index in [2.05, 4.69) is 9.88 Å². The van der Waals surface area contributed by atoms with Crippen molar-refractivity contribution in [3.8, 4) is 0 Å². The fourth-order valence-electron chi connectivity index (χ4n) is 3.11. The number of nitro groups is 1. The van der Waals surface area contributed by atoms with Crippen LogP contribution < -0.4 is 4.90 Å². The number of hydrogen-bond donors (Lipinski definition) is 0. The van der Waals surface area contributed by atoms with Crippen LogP contribution in [0.25, 0.3) is 0 Å². The Kier molecular flexibility index (Phi) is 5.26. The first-order valence-electron chi connectivity index (χ1n) is 8.11. The molecule has 0 saturated carbocycles. The summed E-state index contributed by atoms with van der Waals surface area (Å²) >= 11 is 1.62. The molecule has 3 rings (SSSR count). The summed E-state index contributed by atoms with van der Waals surface area (Å²) in [5.41, 5.74) is 1.06. The maximum absolute atomic E-state index is 11.9. The molecule has 1 aliphatic rings. The third-order valence-corrected chi connectivity index (χ3v) is 6.28. The Morgan fingerprint density at radius 2 is 1.96 bits per heavy atom. The Bertz CT molecular complexity index is 918. The molecule has 1 fully saturated rings. The van der Waals surface area contributed by atoms with Gasteiger partial charge in [-0.3, -0.25) is 15.0 Å². The summed E-state index contributed by atoms with van der Waals surface area (Å²) in [5, 5.41) is 14.6. The monoisotopic (exact) mass is 396 g/mol. The SMILES string of the molecule is Cc1nc(CN2CCN(c3cccc(S(C)(=O)=O)c3[N+](=O)[O-])CC2)cs1. The summed E-state index contributed by atoms with van der Waals surface area (Å²) in [6.45, 7) is 5.38. The molecule has 0 unspecified atom stereocenters. The van der Waals surface area contributed by atoms with Gasteiger partial charge in [0.15, 0.2) is 9.84 Å². The minimum Gasteiger partial charge on any atom is -0.363 e. The average Bonchev–Trinajstić information content (AvgIpc) is 2.99. The lowest BCUT2D eigenvalue weighted by Gasteiger charge is -2.35. The lowest BCUT2D eigenvalue weighted by Crippen LogP contribution is -2.46. The molecule has 0 amide bonds. The van der Waals surface area contributed by atoms with Crippen molar-refractivity contribution in [2.24, 2.45) is 0 Å². The number of benzene rings is 1. The third kappa shape index (κ3) is 4.02. The van der Waals surface area contributed by atoms with Crippen LogP contribution in [0.2, 0.25) is 0 Å². The van der Waals surface area contributed by atoms with Gasteiger partial charge in [-0.05, 0) is 19.1 Å². The van der Waals surface area contributed by atoms with Crippen LogP contribution in [0.4, 0.5) is 11.4 Å². The maximum Gasteiger partial charge on any atom is 0.311 e. The van der Waals surface area contributed by atoms with Crippen molar-refractivity contribution in [2.75, 3.05) is 37.3 Å². The molecule has 0 spiro atoms. The zero-order valence-corrected chi connectivity index (χ0v) is 16.2. The normalized spacial score (nSPS) is 16.0. The number of rotatable bonds is 5. The highest BCUT2D eigenvalue weighted by atomic mass is 32.2. The van der Waals surface area contributed by atoms with Crippen molar-refractivity contribution >= 4 is 32.5 Å². The minimum atomic E-state index is -3.67. The van der Waals surface area contributed by atoms with Gasteiger partial charge in [-0.2, -0.15) is 0 Å². The number of thiazole rings is 1. The lowest BCUT2D eigenvalue weighted by molar-refractivity contribution is -0.387. The number of sulfone groups is 1. The largest absolute Gasteiger partial charge is 0.363 e. The number of nitro benzene ring substituents is 1. The molecule has 0 N–H and O–H groups in total. The zero-order chi connectivity index (χ0) is 18.9. The minimum absolute atomic E-state index is 0.236. The molecule has 140 valence electrons. The van der Waals surface area contributed by atoms with Crippen molar-refractivity contribution in [2.45, 2.75) is 18.4 Å². The van der Waals surface area contributed by atoms with E-state index in [-0.39, 0.29) is 10.6 Å². The van der Waals surface area contributed by atoms with Gasteiger partial charge in [-0.1, -0.05) is 6.07 Å². The Hall–Kier alpha value is -2.04. The molecule has 0 aliphatic carbocycles. The predicted octanol–water partition coefficient (Wildman–Crippen LogP) is 2.09. The van der Waals surface area contributed by atoms with E-state index in [1.165, 1.54) is 6.07 Å². The van der Waals surface area contributed by atoms with Gasteiger partial charge in [0.05, 0.1) is 15.6 Å². The number of aromatic nitrogens is 1. The highest BCUT2D eigenvalue weighted by Crippen LogP contribution is 2.35. The number of nitrogens with zero attached hydrogens (tertiary/aromatic N) is 4. The Labute approximate surface area is 156 Å². The van der Waals surface area contributed by atoms with E-state index in [4.69, 9.17) is 0 Å². The second-order valence-electron chi connectivity index (χ2n) is 6.27. The highest BCUT2D eigenvalue weighted by Gasteiger charge is 2.30. The molecule has 1 aliphatic heterocycles. The van der Waals surface area contributed by atoms with Crippen molar-refractivity contribution in [3.05, 3.63) is 44.4 Å². The van der Waals surface area contributed by atoms with Crippen LogP contribution in [0, 0.1) is 17.0 Å². The van der Waals surface area contributed by atoms with E-state index < -0.39 is 14.8 Å². The van der Waals surface area contributed by atoms with E-state index in [9.17, 15) is 18.5 Å². The van der Waals surface area contributed by atoms with Crippen LogP contribution >= 0.6 is 11.3 Å². The molecule has 1 aromatic heterocycles. The molecule has 0 bridgehead atoms. The van der Waals surface area contributed by atoms with Gasteiger partial charge in [0.25, 0.3) is 0 Å². The third-order valence-electron chi connectivity index (χ3n) is 4.32. The van der Waals surface area contributed by atoms with Gasteiger partial charge >= 0.3 is 5.69 Å². The lowest BCUT2D eigenvalue weighted by atomic mass is 10.2. The summed E-state index contributed by atoms with van der Waals surface area (Å²) in [6, 6.07) is 4.47. The molecule has 1 aromatic carbocycles. The molecule has 10 heteroatoms. The molecule has 8 nitrogen and oxygen atoms in total. The first-order chi connectivity index (χ1) is 12.3. The van der Waals surface area contributed by atoms with E-state index in [1.807, 2.05) is 17.2 Å². The van der Waals surface area contributed by atoms with E-state index in [0.717, 1.165) is 36.6 Å². The molecule has 2 heterocycles. The van der Waals surface area contributed by atoms with Crippen LogP contribution in [0.15, 0.2) is 28.5 Å². The zero-order valence-electron chi connectivity index (χ0n) is 14.6. The number of piperazine rings is 1. The summed E-state index contributed by atoms with van der Waals surface area (Å²) in [5.74, 6) is 0. The fraction of sp³-hybridized carbons (Fsp3) is 0.438. The highest BCUT2D eigenvalue weighted by molar-refractivity contribution is 7.90. The molecule has 26 heavy (non-hydrogen) atoms. The molecule has 0 atom stereocenters. The molecule has 1 saturated heterocycles. The summed E-state index contributed by atoms with van der Waals surface area (Å²) < 4.78 is 23.8. The summed E-state index contributed by atoms with van der Waals surface area (Å²) in [6.07, 6.45) is 0.993. The number of para-hydroxylation sites is 1. The molecule has 0 radical (unpaired) electrons. The fourth-order valence-corrected chi connectivity index (χ4v) is 4.57. The molecular weight excluding hydrogens is 376 g/mol. The van der Waals surface area contributed by atoms with E-state index >= 15 is 0 Å². The second kappa shape index (κ2) is 7.29. The van der Waals surface area contributed by atoms with Crippen LogP contribution in [0.1, 0.15) is 10.7 Å². The first kappa shape index (κ1) is 18.7. The quantitative estimate of drug-likeness (QED) is 0.564. The van der Waals surface area contributed by atoms with Crippen LogP contribution in [-0.2, 0) is 16.4 Å². The standard InChI is InChI=1S/C16H20N4O4S2/c1-12-17-13(11-25-12)10-18-6-8-19(9-7-18)14-4-3-5-15(26(2,23)24)16(14)20(21)22/h3-5,11H,6-10H2,1-2H3. The number of aryl methyl sites for hydroxylation is 1. The van der Waals surface area contributed by atoms with Crippen molar-refractivity contribution < 1.29 is 13.3 Å². The molecular formula is C16H20N4O4S2. The smallest absolute Gasteiger partial charge is 0.311 e. The van der Waals surface area contributed by atoms with Gasteiger partial charge in [0.2, 0.25) is 0 Å². The average molecular weight is 396 g/mol. The summed E-state index contributed by atoms with van der Waals surface area (Å²) in [4.78, 5) is 19.3.